The van der Waals surface area contributed by atoms with Crippen LogP contribution in [0.5, 0.6) is 0 Å². The highest BCUT2D eigenvalue weighted by Gasteiger charge is 2.35. The van der Waals surface area contributed by atoms with Gasteiger partial charge < -0.3 is 15.5 Å². The summed E-state index contributed by atoms with van der Waals surface area (Å²) >= 11 is 0. The lowest BCUT2D eigenvalue weighted by molar-refractivity contribution is -0.122. The number of anilines is 3. The highest BCUT2D eigenvalue weighted by molar-refractivity contribution is 6.03. The highest BCUT2D eigenvalue weighted by Crippen LogP contribution is 2.27. The number of benzene rings is 1. The molecule has 4 rings (SSSR count). The average molecular weight is 325 g/mol. The Morgan fingerprint density at radius 3 is 3.12 bits per heavy atom. The number of fused-ring (bicyclic) bond motifs is 1. The molecule has 0 aliphatic carbocycles. The van der Waals surface area contributed by atoms with Crippen LogP contribution in [0.4, 0.5) is 17.1 Å². The number of nitrogens with zero attached hydrogens (tertiary/aromatic N) is 2. The van der Waals surface area contributed by atoms with Crippen molar-refractivity contribution in [3.05, 3.63) is 36.2 Å². The summed E-state index contributed by atoms with van der Waals surface area (Å²) < 4.78 is 0. The lowest BCUT2D eigenvalue weighted by Gasteiger charge is -2.19. The summed E-state index contributed by atoms with van der Waals surface area (Å²) in [6.07, 6.45) is 5.59. The van der Waals surface area contributed by atoms with Crippen molar-refractivity contribution < 1.29 is 9.59 Å². The Kier molecular flexibility index (Phi) is 3.68. The number of nitrogens with one attached hydrogen (secondary N) is 3. The molecule has 0 spiro atoms. The molecule has 3 heterocycles. The summed E-state index contributed by atoms with van der Waals surface area (Å²) in [6.45, 7) is 1.38. The van der Waals surface area contributed by atoms with Gasteiger partial charge in [-0.3, -0.25) is 14.7 Å². The molecule has 1 aromatic carbocycles. The zero-order valence-corrected chi connectivity index (χ0v) is 13.2. The molecule has 7 nitrogen and oxygen atoms in total. The van der Waals surface area contributed by atoms with Gasteiger partial charge in [0.05, 0.1) is 17.8 Å². The monoisotopic (exact) mass is 325 g/mol. The van der Waals surface area contributed by atoms with Crippen LogP contribution in [0.2, 0.25) is 0 Å². The third kappa shape index (κ3) is 2.73. The van der Waals surface area contributed by atoms with Crippen LogP contribution in [0, 0.1) is 5.92 Å². The molecule has 1 aromatic heterocycles. The van der Waals surface area contributed by atoms with Gasteiger partial charge >= 0.3 is 0 Å². The van der Waals surface area contributed by atoms with Gasteiger partial charge in [-0.2, -0.15) is 5.10 Å². The second-order valence-electron chi connectivity index (χ2n) is 6.25. The molecule has 1 atom stereocenters. The largest absolute Gasteiger partial charge is 0.385 e. The predicted octanol–water partition coefficient (Wildman–Crippen LogP) is 1.76. The number of aryl methyl sites for hydroxylation is 1. The van der Waals surface area contributed by atoms with Crippen molar-refractivity contribution in [3.8, 4) is 0 Å². The summed E-state index contributed by atoms with van der Waals surface area (Å²) in [7, 11) is 0. The van der Waals surface area contributed by atoms with Crippen molar-refractivity contribution in [2.75, 3.05) is 28.6 Å². The SMILES string of the molecule is O=C(Nc1ccc2c(c1)CCCN2)C1CC(=O)N(c2cn[nH]c2)C1. The van der Waals surface area contributed by atoms with Gasteiger partial charge in [0.2, 0.25) is 11.8 Å². The van der Waals surface area contributed by atoms with E-state index in [-0.39, 0.29) is 24.2 Å². The fourth-order valence-electron chi connectivity index (χ4n) is 3.32. The topological polar surface area (TPSA) is 90.1 Å². The molecule has 0 radical (unpaired) electrons. The Labute approximate surface area is 139 Å². The maximum absolute atomic E-state index is 12.5. The molecular weight excluding hydrogens is 306 g/mol. The van der Waals surface area contributed by atoms with Crippen LogP contribution >= 0.6 is 0 Å². The van der Waals surface area contributed by atoms with E-state index in [1.54, 1.807) is 17.3 Å². The number of carbonyl (C=O) groups excluding carboxylic acids is 2. The highest BCUT2D eigenvalue weighted by atomic mass is 16.2. The van der Waals surface area contributed by atoms with Crippen LogP contribution in [-0.4, -0.2) is 35.1 Å². The number of carbonyl (C=O) groups is 2. The molecule has 0 saturated carbocycles. The normalized spacial score (nSPS) is 19.8. The van der Waals surface area contributed by atoms with E-state index in [0.717, 1.165) is 30.8 Å². The van der Waals surface area contributed by atoms with E-state index in [2.05, 4.69) is 20.8 Å². The van der Waals surface area contributed by atoms with Gasteiger partial charge in [-0.15, -0.1) is 0 Å². The minimum atomic E-state index is -0.346. The molecule has 2 aliphatic rings. The molecule has 0 bridgehead atoms. The molecule has 1 fully saturated rings. The molecule has 2 aromatic rings. The zero-order chi connectivity index (χ0) is 16.5. The molecule has 24 heavy (non-hydrogen) atoms. The molecule has 2 aliphatic heterocycles. The number of hydrogen-bond donors (Lipinski definition) is 3. The molecule has 1 saturated heterocycles. The summed E-state index contributed by atoms with van der Waals surface area (Å²) in [5, 5.41) is 12.8. The second-order valence-corrected chi connectivity index (χ2v) is 6.25. The third-order valence-electron chi connectivity index (χ3n) is 4.60. The van der Waals surface area contributed by atoms with Gasteiger partial charge in [0.1, 0.15) is 0 Å². The first kappa shape index (κ1) is 14.7. The third-order valence-corrected chi connectivity index (χ3v) is 4.60. The lowest BCUT2D eigenvalue weighted by atomic mass is 10.0. The first-order chi connectivity index (χ1) is 11.7. The Bertz CT molecular complexity index is 771. The first-order valence-electron chi connectivity index (χ1n) is 8.17. The summed E-state index contributed by atoms with van der Waals surface area (Å²) in [4.78, 5) is 26.2. The summed E-state index contributed by atoms with van der Waals surface area (Å²) in [5.41, 5.74) is 3.86. The van der Waals surface area contributed by atoms with Crippen molar-refractivity contribution in [1.82, 2.24) is 10.2 Å². The molecule has 3 N–H and O–H groups in total. The maximum atomic E-state index is 12.5. The second kappa shape index (κ2) is 5.99. The fourth-order valence-corrected chi connectivity index (χ4v) is 3.32. The Morgan fingerprint density at radius 2 is 2.29 bits per heavy atom. The van der Waals surface area contributed by atoms with Gasteiger partial charge in [0, 0.05) is 37.1 Å². The minimum Gasteiger partial charge on any atom is -0.385 e. The van der Waals surface area contributed by atoms with Crippen LogP contribution < -0.4 is 15.5 Å². The van der Waals surface area contributed by atoms with E-state index in [1.165, 1.54) is 5.56 Å². The van der Waals surface area contributed by atoms with Gasteiger partial charge in [0.25, 0.3) is 0 Å². The molecule has 1 unspecified atom stereocenters. The number of rotatable bonds is 3. The number of aromatic nitrogens is 2. The van der Waals surface area contributed by atoms with Crippen LogP contribution in [0.15, 0.2) is 30.6 Å². The zero-order valence-electron chi connectivity index (χ0n) is 13.2. The smallest absolute Gasteiger partial charge is 0.229 e. The van der Waals surface area contributed by atoms with Crippen molar-refractivity contribution in [3.63, 3.8) is 0 Å². The number of H-pyrrole nitrogens is 1. The minimum absolute atomic E-state index is 0.0498. The van der Waals surface area contributed by atoms with E-state index in [0.29, 0.717) is 12.2 Å². The average Bonchev–Trinajstić information content (AvgIpc) is 3.24. The summed E-state index contributed by atoms with van der Waals surface area (Å²) in [5.74, 6) is -0.509. The van der Waals surface area contributed by atoms with Crippen molar-refractivity contribution in [2.24, 2.45) is 5.92 Å². The van der Waals surface area contributed by atoms with Crippen molar-refractivity contribution in [2.45, 2.75) is 19.3 Å². The fraction of sp³-hybridized carbons (Fsp3) is 0.353. The van der Waals surface area contributed by atoms with Crippen LogP contribution in [-0.2, 0) is 16.0 Å². The Balaban J connectivity index is 1.44. The van der Waals surface area contributed by atoms with Crippen LogP contribution in [0.3, 0.4) is 0 Å². The van der Waals surface area contributed by atoms with Crippen molar-refractivity contribution >= 4 is 28.9 Å². The lowest BCUT2D eigenvalue weighted by Crippen LogP contribution is -2.28. The van der Waals surface area contributed by atoms with Crippen molar-refractivity contribution in [1.29, 1.82) is 0 Å². The molecule has 2 amide bonds. The molecular formula is C17H19N5O2. The standard InChI is InChI=1S/C17H19N5O2/c23-16-7-12(10-22(16)14-8-19-20-9-14)17(24)21-13-3-4-15-11(6-13)2-1-5-18-15/h3-4,6,8-9,12,18H,1-2,5,7,10H2,(H,19,20)(H,21,24). The molecule has 124 valence electrons. The predicted molar refractivity (Wildman–Crippen MR) is 90.9 cm³/mol. The Hall–Kier alpha value is -2.83. The maximum Gasteiger partial charge on any atom is 0.229 e. The van der Waals surface area contributed by atoms with Crippen LogP contribution in [0.1, 0.15) is 18.4 Å². The molecule has 7 heteroatoms. The van der Waals surface area contributed by atoms with Gasteiger partial charge in [0.15, 0.2) is 0 Å². The van der Waals surface area contributed by atoms with E-state index in [1.807, 2.05) is 18.2 Å². The van der Waals surface area contributed by atoms with Gasteiger partial charge in [-0.1, -0.05) is 0 Å². The van der Waals surface area contributed by atoms with E-state index in [4.69, 9.17) is 0 Å². The van der Waals surface area contributed by atoms with Gasteiger partial charge in [-0.25, -0.2) is 0 Å². The number of amides is 2. The Morgan fingerprint density at radius 1 is 1.38 bits per heavy atom. The van der Waals surface area contributed by atoms with E-state index in [9.17, 15) is 9.59 Å². The van der Waals surface area contributed by atoms with Crippen LogP contribution in [0.25, 0.3) is 0 Å². The van der Waals surface area contributed by atoms with E-state index >= 15 is 0 Å². The summed E-state index contributed by atoms with van der Waals surface area (Å²) in [6, 6.07) is 5.92. The van der Waals surface area contributed by atoms with Gasteiger partial charge in [-0.05, 0) is 36.6 Å². The quantitative estimate of drug-likeness (QED) is 0.802. The van der Waals surface area contributed by atoms with E-state index < -0.39 is 0 Å². The first-order valence-corrected chi connectivity index (χ1v) is 8.17. The number of hydrogen-bond acceptors (Lipinski definition) is 4. The number of aromatic amines is 1.